The Bertz CT molecular complexity index is 785. The number of hydrogen-bond donors (Lipinski definition) is 1. The molecule has 21 heavy (non-hydrogen) atoms. The standard InChI is InChI=1S/C17H16N2OS/c1-11-9-14-15(10-19-11)16(18)7-8-17(14)20-12-3-5-13(21-2)6-4-12/h3-10H,18H2,1-2H3. The monoisotopic (exact) mass is 296 g/mol. The Morgan fingerprint density at radius 3 is 2.52 bits per heavy atom. The first-order valence-corrected chi connectivity index (χ1v) is 7.86. The SMILES string of the molecule is CSc1ccc(Oc2ccc(N)c3cnc(C)cc23)cc1. The van der Waals surface area contributed by atoms with Gasteiger partial charge in [0, 0.05) is 33.2 Å². The van der Waals surface area contributed by atoms with Gasteiger partial charge < -0.3 is 10.5 Å². The Morgan fingerprint density at radius 2 is 1.81 bits per heavy atom. The van der Waals surface area contributed by atoms with E-state index in [1.54, 1.807) is 18.0 Å². The molecule has 0 saturated carbocycles. The number of nitrogen functional groups attached to an aromatic ring is 1. The van der Waals surface area contributed by atoms with Crippen LogP contribution >= 0.6 is 11.8 Å². The first kappa shape index (κ1) is 13.8. The molecule has 1 aromatic heterocycles. The molecular formula is C17H16N2OS. The number of hydrogen-bond acceptors (Lipinski definition) is 4. The van der Waals surface area contributed by atoms with Crippen molar-refractivity contribution < 1.29 is 4.74 Å². The molecule has 106 valence electrons. The van der Waals surface area contributed by atoms with E-state index in [2.05, 4.69) is 11.2 Å². The highest BCUT2D eigenvalue weighted by atomic mass is 32.2. The number of pyridine rings is 1. The molecule has 0 bridgehead atoms. The van der Waals surface area contributed by atoms with E-state index in [0.29, 0.717) is 5.69 Å². The van der Waals surface area contributed by atoms with E-state index < -0.39 is 0 Å². The normalized spacial score (nSPS) is 10.8. The Balaban J connectivity index is 2.03. The van der Waals surface area contributed by atoms with Crippen molar-refractivity contribution in [2.75, 3.05) is 12.0 Å². The van der Waals surface area contributed by atoms with E-state index in [0.717, 1.165) is 28.0 Å². The van der Waals surface area contributed by atoms with E-state index in [-0.39, 0.29) is 0 Å². The number of aryl methyl sites for hydroxylation is 1. The lowest BCUT2D eigenvalue weighted by Crippen LogP contribution is -1.92. The van der Waals surface area contributed by atoms with Gasteiger partial charge in [-0.3, -0.25) is 4.98 Å². The molecule has 0 amide bonds. The maximum atomic E-state index is 6.01. The molecule has 0 aliphatic carbocycles. The Morgan fingerprint density at radius 1 is 1.05 bits per heavy atom. The van der Waals surface area contributed by atoms with Gasteiger partial charge in [0.2, 0.25) is 0 Å². The van der Waals surface area contributed by atoms with Crippen molar-refractivity contribution in [2.24, 2.45) is 0 Å². The lowest BCUT2D eigenvalue weighted by Gasteiger charge is -2.11. The summed E-state index contributed by atoms with van der Waals surface area (Å²) < 4.78 is 6.01. The van der Waals surface area contributed by atoms with Crippen molar-refractivity contribution in [1.29, 1.82) is 0 Å². The summed E-state index contributed by atoms with van der Waals surface area (Å²) in [5, 5.41) is 1.90. The predicted molar refractivity (Wildman–Crippen MR) is 89.2 cm³/mol. The minimum absolute atomic E-state index is 0.711. The van der Waals surface area contributed by atoms with Crippen LogP contribution in [0, 0.1) is 6.92 Å². The van der Waals surface area contributed by atoms with Gasteiger partial charge in [-0.2, -0.15) is 0 Å². The van der Waals surface area contributed by atoms with Crippen LogP contribution in [0.3, 0.4) is 0 Å². The summed E-state index contributed by atoms with van der Waals surface area (Å²) in [5.74, 6) is 1.61. The molecule has 0 fully saturated rings. The van der Waals surface area contributed by atoms with Crippen molar-refractivity contribution in [3.63, 3.8) is 0 Å². The molecule has 0 unspecified atom stereocenters. The second-order valence-electron chi connectivity index (χ2n) is 4.80. The average Bonchev–Trinajstić information content (AvgIpc) is 2.51. The fourth-order valence-corrected chi connectivity index (χ4v) is 2.61. The second kappa shape index (κ2) is 5.66. The molecule has 0 radical (unpaired) electrons. The van der Waals surface area contributed by atoms with Crippen LogP contribution in [0.25, 0.3) is 10.8 Å². The van der Waals surface area contributed by atoms with Gasteiger partial charge in [-0.25, -0.2) is 0 Å². The summed E-state index contributed by atoms with van der Waals surface area (Å²) in [6.45, 7) is 1.96. The molecule has 0 aliphatic heterocycles. The van der Waals surface area contributed by atoms with E-state index >= 15 is 0 Å². The zero-order valence-corrected chi connectivity index (χ0v) is 12.8. The zero-order chi connectivity index (χ0) is 14.8. The van der Waals surface area contributed by atoms with Crippen LogP contribution in [0.2, 0.25) is 0 Å². The number of aromatic nitrogens is 1. The van der Waals surface area contributed by atoms with Gasteiger partial charge in [0.15, 0.2) is 0 Å². The van der Waals surface area contributed by atoms with Crippen molar-refractivity contribution in [1.82, 2.24) is 4.98 Å². The number of benzene rings is 2. The average molecular weight is 296 g/mol. The highest BCUT2D eigenvalue weighted by Gasteiger charge is 2.07. The Hall–Kier alpha value is -2.20. The Kier molecular flexibility index (Phi) is 3.71. The largest absolute Gasteiger partial charge is 0.457 e. The smallest absolute Gasteiger partial charge is 0.135 e. The first-order valence-electron chi connectivity index (χ1n) is 6.64. The summed E-state index contributed by atoms with van der Waals surface area (Å²) in [7, 11) is 0. The lowest BCUT2D eigenvalue weighted by atomic mass is 10.1. The van der Waals surface area contributed by atoms with Gasteiger partial charge in [-0.1, -0.05) is 0 Å². The van der Waals surface area contributed by atoms with E-state index in [1.165, 1.54) is 4.90 Å². The topological polar surface area (TPSA) is 48.1 Å². The molecule has 0 saturated heterocycles. The molecule has 2 aromatic carbocycles. The third kappa shape index (κ3) is 2.81. The molecule has 1 heterocycles. The van der Waals surface area contributed by atoms with Gasteiger partial charge in [-0.15, -0.1) is 11.8 Å². The van der Waals surface area contributed by atoms with Gasteiger partial charge in [0.05, 0.1) is 0 Å². The fourth-order valence-electron chi connectivity index (χ4n) is 2.20. The van der Waals surface area contributed by atoms with Crippen molar-refractivity contribution >= 4 is 28.2 Å². The van der Waals surface area contributed by atoms with Crippen LogP contribution < -0.4 is 10.5 Å². The van der Waals surface area contributed by atoms with Crippen LogP contribution in [0.1, 0.15) is 5.69 Å². The van der Waals surface area contributed by atoms with Gasteiger partial charge in [0.1, 0.15) is 11.5 Å². The minimum Gasteiger partial charge on any atom is -0.457 e. The molecule has 0 atom stereocenters. The number of nitrogens with two attached hydrogens (primary N) is 1. The molecule has 3 nitrogen and oxygen atoms in total. The van der Waals surface area contributed by atoms with Crippen LogP contribution in [0.15, 0.2) is 53.6 Å². The molecule has 3 rings (SSSR count). The number of anilines is 1. The molecule has 3 aromatic rings. The number of thioether (sulfide) groups is 1. The van der Waals surface area contributed by atoms with Crippen molar-refractivity contribution in [3.8, 4) is 11.5 Å². The maximum absolute atomic E-state index is 6.01. The van der Waals surface area contributed by atoms with Crippen LogP contribution in [0.5, 0.6) is 11.5 Å². The highest BCUT2D eigenvalue weighted by Crippen LogP contribution is 2.33. The van der Waals surface area contributed by atoms with Gasteiger partial charge >= 0.3 is 0 Å². The number of fused-ring (bicyclic) bond motifs is 1. The van der Waals surface area contributed by atoms with E-state index in [1.807, 2.05) is 49.4 Å². The minimum atomic E-state index is 0.711. The summed E-state index contributed by atoms with van der Waals surface area (Å²) in [6.07, 6.45) is 3.85. The summed E-state index contributed by atoms with van der Waals surface area (Å²) in [6, 6.07) is 13.8. The molecule has 0 aliphatic rings. The number of ether oxygens (including phenoxy) is 1. The Labute approximate surface area is 128 Å². The predicted octanol–water partition coefficient (Wildman–Crippen LogP) is 4.64. The molecule has 0 spiro atoms. The van der Waals surface area contributed by atoms with Gasteiger partial charge in [-0.05, 0) is 55.6 Å². The summed E-state index contributed by atoms with van der Waals surface area (Å²) in [5.41, 5.74) is 7.66. The van der Waals surface area contributed by atoms with Crippen molar-refractivity contribution in [2.45, 2.75) is 11.8 Å². The van der Waals surface area contributed by atoms with Crippen LogP contribution in [-0.4, -0.2) is 11.2 Å². The van der Waals surface area contributed by atoms with Crippen molar-refractivity contribution in [3.05, 3.63) is 54.4 Å². The third-order valence-corrected chi connectivity index (χ3v) is 4.06. The van der Waals surface area contributed by atoms with Gasteiger partial charge in [0.25, 0.3) is 0 Å². The molecule has 2 N–H and O–H groups in total. The summed E-state index contributed by atoms with van der Waals surface area (Å²) >= 11 is 1.71. The summed E-state index contributed by atoms with van der Waals surface area (Å²) in [4.78, 5) is 5.51. The van der Waals surface area contributed by atoms with Crippen LogP contribution in [-0.2, 0) is 0 Å². The maximum Gasteiger partial charge on any atom is 0.135 e. The highest BCUT2D eigenvalue weighted by molar-refractivity contribution is 7.98. The van der Waals surface area contributed by atoms with E-state index in [4.69, 9.17) is 10.5 Å². The molecule has 4 heteroatoms. The molecular weight excluding hydrogens is 280 g/mol. The number of nitrogens with zero attached hydrogens (tertiary/aromatic N) is 1. The fraction of sp³-hybridized carbons (Fsp3) is 0.118. The van der Waals surface area contributed by atoms with Crippen LogP contribution in [0.4, 0.5) is 5.69 Å². The number of rotatable bonds is 3. The quantitative estimate of drug-likeness (QED) is 0.565. The lowest BCUT2D eigenvalue weighted by molar-refractivity contribution is 0.488. The third-order valence-electron chi connectivity index (χ3n) is 3.32. The second-order valence-corrected chi connectivity index (χ2v) is 5.68. The zero-order valence-electron chi connectivity index (χ0n) is 12.0. The van der Waals surface area contributed by atoms with E-state index in [9.17, 15) is 0 Å². The first-order chi connectivity index (χ1) is 10.2.